The average molecular weight is 232 g/mol. The third kappa shape index (κ3) is 2.73. The summed E-state index contributed by atoms with van der Waals surface area (Å²) in [5.41, 5.74) is 0.442. The second-order valence-electron chi connectivity index (χ2n) is 3.46. The Hall–Kier alpha value is -2.07. The van der Waals surface area contributed by atoms with E-state index >= 15 is 0 Å². The van der Waals surface area contributed by atoms with Gasteiger partial charge in [0, 0.05) is 0 Å². The van der Waals surface area contributed by atoms with Gasteiger partial charge in [-0.2, -0.15) is 0 Å². The number of aliphatic hydroxyl groups is 1. The summed E-state index contributed by atoms with van der Waals surface area (Å²) in [5, 5.41) is 9.16. The molecule has 0 bridgehead atoms. The first-order chi connectivity index (χ1) is 8.31. The van der Waals surface area contributed by atoms with E-state index in [1.165, 1.54) is 6.26 Å². The molecule has 88 valence electrons. The third-order valence-corrected chi connectivity index (χ3v) is 2.29. The van der Waals surface area contributed by atoms with Crippen molar-refractivity contribution in [3.05, 3.63) is 60.1 Å². The summed E-state index contributed by atoms with van der Waals surface area (Å²) in [6.07, 6.45) is 0.701. The van der Waals surface area contributed by atoms with Gasteiger partial charge in [0.1, 0.15) is 5.76 Å². The number of esters is 1. The molecule has 0 aliphatic rings. The van der Waals surface area contributed by atoms with Crippen LogP contribution in [-0.2, 0) is 4.74 Å². The molecule has 1 aromatic carbocycles. The van der Waals surface area contributed by atoms with Gasteiger partial charge in [-0.3, -0.25) is 0 Å². The maximum atomic E-state index is 11.7. The normalized spacial score (nSPS) is 12.1. The molecule has 2 rings (SSSR count). The quantitative estimate of drug-likeness (QED) is 0.821. The van der Waals surface area contributed by atoms with E-state index in [9.17, 15) is 4.79 Å². The molecular formula is C13H12O4. The number of carbonyl (C=O) groups excluding carboxylic acids is 1. The molecule has 0 saturated heterocycles. The van der Waals surface area contributed by atoms with Gasteiger partial charge in [0.15, 0.2) is 6.10 Å². The van der Waals surface area contributed by atoms with E-state index in [0.29, 0.717) is 11.3 Å². The van der Waals surface area contributed by atoms with Crippen LogP contribution in [0, 0.1) is 0 Å². The molecule has 0 amide bonds. The molecule has 4 heteroatoms. The number of carbonyl (C=O) groups is 1. The number of hydrogen-bond acceptors (Lipinski definition) is 4. The van der Waals surface area contributed by atoms with Crippen LogP contribution in [-0.4, -0.2) is 17.7 Å². The summed E-state index contributed by atoms with van der Waals surface area (Å²) in [5.74, 6) is -0.0576. The Balaban J connectivity index is 2.08. The lowest BCUT2D eigenvalue weighted by atomic mass is 10.2. The van der Waals surface area contributed by atoms with E-state index in [1.807, 2.05) is 6.07 Å². The van der Waals surface area contributed by atoms with Crippen molar-refractivity contribution in [2.24, 2.45) is 0 Å². The molecule has 1 N–H and O–H groups in total. The molecule has 17 heavy (non-hydrogen) atoms. The fourth-order valence-corrected chi connectivity index (χ4v) is 1.43. The van der Waals surface area contributed by atoms with Crippen LogP contribution < -0.4 is 0 Å². The SMILES string of the molecule is O=C(OC(CO)c1ccco1)c1ccccc1. The first kappa shape index (κ1) is 11.4. The van der Waals surface area contributed by atoms with Gasteiger partial charge in [-0.1, -0.05) is 18.2 Å². The van der Waals surface area contributed by atoms with Gasteiger partial charge in [-0.25, -0.2) is 4.79 Å². The van der Waals surface area contributed by atoms with Gasteiger partial charge in [0.2, 0.25) is 0 Å². The van der Waals surface area contributed by atoms with Crippen LogP contribution in [0.25, 0.3) is 0 Å². The number of benzene rings is 1. The average Bonchev–Trinajstić information content (AvgIpc) is 2.90. The Morgan fingerprint density at radius 2 is 2.00 bits per heavy atom. The summed E-state index contributed by atoms with van der Waals surface area (Å²) >= 11 is 0. The second-order valence-corrected chi connectivity index (χ2v) is 3.46. The highest BCUT2D eigenvalue weighted by molar-refractivity contribution is 5.89. The minimum atomic E-state index is -0.766. The molecule has 0 saturated carbocycles. The molecule has 1 heterocycles. The van der Waals surface area contributed by atoms with E-state index in [0.717, 1.165) is 0 Å². The molecule has 1 atom stereocenters. The number of ether oxygens (including phenoxy) is 1. The fraction of sp³-hybridized carbons (Fsp3) is 0.154. The van der Waals surface area contributed by atoms with Gasteiger partial charge in [0.05, 0.1) is 18.4 Å². The van der Waals surface area contributed by atoms with Crippen LogP contribution in [0.15, 0.2) is 53.1 Å². The fourth-order valence-electron chi connectivity index (χ4n) is 1.43. The molecule has 1 aromatic heterocycles. The molecule has 1 unspecified atom stereocenters. The Morgan fingerprint density at radius 3 is 2.59 bits per heavy atom. The minimum absolute atomic E-state index is 0.313. The van der Waals surface area contributed by atoms with Crippen molar-refractivity contribution in [1.29, 1.82) is 0 Å². The number of furan rings is 1. The highest BCUT2D eigenvalue weighted by atomic mass is 16.6. The number of hydrogen-bond donors (Lipinski definition) is 1. The van der Waals surface area contributed by atoms with Crippen molar-refractivity contribution in [2.75, 3.05) is 6.61 Å². The Kier molecular flexibility index (Phi) is 3.57. The highest BCUT2D eigenvalue weighted by Crippen LogP contribution is 2.18. The molecule has 4 nitrogen and oxygen atoms in total. The van der Waals surface area contributed by atoms with Gasteiger partial charge < -0.3 is 14.3 Å². The lowest BCUT2D eigenvalue weighted by molar-refractivity contribution is 0.00646. The summed E-state index contributed by atoms with van der Waals surface area (Å²) in [6.45, 7) is -0.313. The van der Waals surface area contributed by atoms with Gasteiger partial charge in [-0.05, 0) is 24.3 Å². The Bertz CT molecular complexity index is 461. The summed E-state index contributed by atoms with van der Waals surface area (Å²) in [6, 6.07) is 11.9. The predicted molar refractivity (Wildman–Crippen MR) is 60.4 cm³/mol. The highest BCUT2D eigenvalue weighted by Gasteiger charge is 2.19. The largest absolute Gasteiger partial charge is 0.465 e. The van der Waals surface area contributed by atoms with Crippen molar-refractivity contribution in [2.45, 2.75) is 6.10 Å². The number of aliphatic hydroxyl groups excluding tert-OH is 1. The maximum Gasteiger partial charge on any atom is 0.338 e. The molecule has 2 aromatic rings. The first-order valence-electron chi connectivity index (χ1n) is 5.21. The molecule has 0 spiro atoms. The van der Waals surface area contributed by atoms with E-state index in [2.05, 4.69) is 0 Å². The molecule has 0 fully saturated rings. The van der Waals surface area contributed by atoms with Crippen LogP contribution in [0.3, 0.4) is 0 Å². The van der Waals surface area contributed by atoms with Crippen LogP contribution >= 0.6 is 0 Å². The topological polar surface area (TPSA) is 59.7 Å². The van der Waals surface area contributed by atoms with Gasteiger partial charge in [-0.15, -0.1) is 0 Å². The molecule has 0 aliphatic carbocycles. The Morgan fingerprint density at radius 1 is 1.24 bits per heavy atom. The van der Waals surface area contributed by atoms with Crippen molar-refractivity contribution in [3.63, 3.8) is 0 Å². The van der Waals surface area contributed by atoms with Crippen LogP contribution in [0.5, 0.6) is 0 Å². The van der Waals surface area contributed by atoms with Crippen molar-refractivity contribution >= 4 is 5.97 Å². The minimum Gasteiger partial charge on any atom is -0.465 e. The van der Waals surface area contributed by atoms with Gasteiger partial charge >= 0.3 is 5.97 Å². The monoisotopic (exact) mass is 232 g/mol. The summed E-state index contributed by atoms with van der Waals surface area (Å²) in [7, 11) is 0. The van der Waals surface area contributed by atoms with E-state index < -0.39 is 12.1 Å². The molecule has 0 aliphatic heterocycles. The zero-order chi connectivity index (χ0) is 12.1. The van der Waals surface area contributed by atoms with Gasteiger partial charge in [0.25, 0.3) is 0 Å². The van der Waals surface area contributed by atoms with Crippen molar-refractivity contribution in [1.82, 2.24) is 0 Å². The third-order valence-electron chi connectivity index (χ3n) is 2.29. The first-order valence-corrected chi connectivity index (χ1v) is 5.21. The smallest absolute Gasteiger partial charge is 0.338 e. The standard InChI is InChI=1S/C13H12O4/c14-9-12(11-7-4-8-16-11)17-13(15)10-5-2-1-3-6-10/h1-8,12,14H,9H2. The second kappa shape index (κ2) is 5.32. The van der Waals surface area contributed by atoms with Crippen molar-refractivity contribution in [3.8, 4) is 0 Å². The van der Waals surface area contributed by atoms with Crippen LogP contribution in [0.2, 0.25) is 0 Å². The summed E-state index contributed by atoms with van der Waals surface area (Å²) in [4.78, 5) is 11.7. The van der Waals surface area contributed by atoms with E-state index in [-0.39, 0.29) is 6.61 Å². The lowest BCUT2D eigenvalue weighted by Crippen LogP contribution is -2.14. The van der Waals surface area contributed by atoms with Crippen molar-refractivity contribution < 1.29 is 19.1 Å². The van der Waals surface area contributed by atoms with Crippen LogP contribution in [0.1, 0.15) is 22.2 Å². The molecule has 0 radical (unpaired) electrons. The summed E-state index contributed by atoms with van der Waals surface area (Å²) < 4.78 is 10.2. The maximum absolute atomic E-state index is 11.7. The van der Waals surface area contributed by atoms with E-state index in [4.69, 9.17) is 14.3 Å². The lowest BCUT2D eigenvalue weighted by Gasteiger charge is -2.12. The zero-order valence-electron chi connectivity index (χ0n) is 9.08. The van der Waals surface area contributed by atoms with Crippen LogP contribution in [0.4, 0.5) is 0 Å². The van der Waals surface area contributed by atoms with E-state index in [1.54, 1.807) is 36.4 Å². The zero-order valence-corrected chi connectivity index (χ0v) is 9.08. The predicted octanol–water partition coefficient (Wildman–Crippen LogP) is 2.17. The molecular weight excluding hydrogens is 220 g/mol. The Labute approximate surface area is 98.4 Å². The number of rotatable bonds is 4.